The van der Waals surface area contributed by atoms with Gasteiger partial charge in [-0.1, -0.05) is 12.1 Å². The molecule has 0 aliphatic carbocycles. The average molecular weight is 483 g/mol. The minimum atomic E-state index is -4.68. The first-order valence-electron chi connectivity index (χ1n) is 11.5. The first-order chi connectivity index (χ1) is 16.8. The van der Waals surface area contributed by atoms with Gasteiger partial charge in [0.15, 0.2) is 0 Å². The Morgan fingerprint density at radius 1 is 1.09 bits per heavy atom. The number of ether oxygens (including phenoxy) is 1. The van der Waals surface area contributed by atoms with Crippen molar-refractivity contribution >= 4 is 0 Å². The molecule has 2 aromatic carbocycles. The maximum Gasteiger partial charge on any atom is 0.573 e. The zero-order valence-electron chi connectivity index (χ0n) is 19.2. The lowest BCUT2D eigenvalue weighted by Crippen LogP contribution is -2.32. The third-order valence-electron chi connectivity index (χ3n) is 6.33. The number of aromatic nitrogens is 3. The van der Waals surface area contributed by atoms with E-state index in [2.05, 4.69) is 14.6 Å². The van der Waals surface area contributed by atoms with Crippen LogP contribution in [0, 0.1) is 6.92 Å². The highest BCUT2D eigenvalue weighted by atomic mass is 19.4. The summed E-state index contributed by atoms with van der Waals surface area (Å²) < 4.78 is 49.6. The summed E-state index contributed by atoms with van der Waals surface area (Å²) in [6.45, 7) is 4.25. The van der Waals surface area contributed by atoms with Crippen LogP contribution in [-0.2, 0) is 6.54 Å². The van der Waals surface area contributed by atoms with Gasteiger partial charge >= 0.3 is 6.36 Å². The van der Waals surface area contributed by atoms with E-state index in [1.165, 1.54) is 12.1 Å². The molecule has 0 saturated carbocycles. The minimum absolute atomic E-state index is 0.166. The number of rotatable bonds is 6. The van der Waals surface area contributed by atoms with Crippen LogP contribution >= 0.6 is 0 Å². The van der Waals surface area contributed by atoms with Crippen LogP contribution in [0.1, 0.15) is 35.8 Å². The van der Waals surface area contributed by atoms with Gasteiger partial charge < -0.3 is 13.7 Å². The van der Waals surface area contributed by atoms with E-state index < -0.39 is 6.36 Å². The van der Waals surface area contributed by atoms with Gasteiger partial charge in [0, 0.05) is 30.2 Å². The van der Waals surface area contributed by atoms with E-state index in [1.54, 1.807) is 18.6 Å². The largest absolute Gasteiger partial charge is 0.573 e. The minimum Gasteiger partial charge on any atom is -0.441 e. The van der Waals surface area contributed by atoms with E-state index in [-0.39, 0.29) is 11.7 Å². The molecule has 4 aromatic rings. The van der Waals surface area contributed by atoms with Gasteiger partial charge in [-0.3, -0.25) is 4.90 Å². The Balaban J connectivity index is 1.20. The Kier molecular flexibility index (Phi) is 6.34. The lowest BCUT2D eigenvalue weighted by molar-refractivity contribution is -0.274. The van der Waals surface area contributed by atoms with Gasteiger partial charge in [-0.25, -0.2) is 9.97 Å². The van der Waals surface area contributed by atoms with Crippen LogP contribution in [0.3, 0.4) is 0 Å². The smallest absolute Gasteiger partial charge is 0.441 e. The van der Waals surface area contributed by atoms with E-state index in [9.17, 15) is 13.2 Å². The van der Waals surface area contributed by atoms with E-state index in [0.29, 0.717) is 12.4 Å². The molecular weight excluding hydrogens is 457 g/mol. The van der Waals surface area contributed by atoms with Crippen LogP contribution in [0.4, 0.5) is 13.2 Å². The number of nitrogens with zero attached hydrogens (tertiary/aromatic N) is 4. The van der Waals surface area contributed by atoms with Crippen molar-refractivity contribution in [1.82, 2.24) is 19.4 Å². The van der Waals surface area contributed by atoms with Gasteiger partial charge in [0.25, 0.3) is 0 Å². The Morgan fingerprint density at radius 2 is 1.86 bits per heavy atom. The van der Waals surface area contributed by atoms with E-state index in [0.717, 1.165) is 54.2 Å². The Bertz CT molecular complexity index is 1260. The standard InChI is InChI=1S/C26H25F3N4O2/c1-18-24(31-25(34-18)20-5-7-22(8-6-20)33-14-11-30-17-33)16-32-12-9-19(10-13-32)21-3-2-4-23(15-21)35-26(27,28)29/h2-8,11,14-15,17,19H,9-10,12-13,16H2,1H3. The number of hydrogen-bond acceptors (Lipinski definition) is 5. The third kappa shape index (κ3) is 5.57. The summed E-state index contributed by atoms with van der Waals surface area (Å²) in [6.07, 6.45) is 2.40. The number of aryl methyl sites for hydroxylation is 1. The normalized spacial score (nSPS) is 15.4. The summed E-state index contributed by atoms with van der Waals surface area (Å²) in [5, 5.41) is 0. The predicted molar refractivity (Wildman–Crippen MR) is 124 cm³/mol. The highest BCUT2D eigenvalue weighted by molar-refractivity contribution is 5.56. The maximum absolute atomic E-state index is 12.5. The van der Waals surface area contributed by atoms with Crippen LogP contribution in [0.25, 0.3) is 17.1 Å². The third-order valence-corrected chi connectivity index (χ3v) is 6.33. The number of alkyl halides is 3. The number of piperidine rings is 1. The molecule has 1 aliphatic heterocycles. The molecule has 0 spiro atoms. The first-order valence-corrected chi connectivity index (χ1v) is 11.5. The topological polar surface area (TPSA) is 56.3 Å². The van der Waals surface area contributed by atoms with Gasteiger partial charge in [0.1, 0.15) is 11.5 Å². The van der Waals surface area contributed by atoms with Crippen molar-refractivity contribution in [3.63, 3.8) is 0 Å². The number of oxazole rings is 1. The van der Waals surface area contributed by atoms with Gasteiger partial charge in [-0.2, -0.15) is 0 Å². The van der Waals surface area contributed by atoms with Crippen LogP contribution < -0.4 is 4.74 Å². The Hall–Kier alpha value is -3.59. The summed E-state index contributed by atoms with van der Waals surface area (Å²) in [5.74, 6) is 1.41. The average Bonchev–Trinajstić information content (AvgIpc) is 3.49. The van der Waals surface area contributed by atoms with Crippen molar-refractivity contribution in [3.8, 4) is 22.9 Å². The molecular formula is C26H25F3N4O2. The van der Waals surface area contributed by atoms with Crippen LogP contribution in [0.2, 0.25) is 0 Å². The van der Waals surface area contributed by atoms with Gasteiger partial charge in [-0.15, -0.1) is 13.2 Å². The van der Waals surface area contributed by atoms with E-state index in [1.807, 2.05) is 48.0 Å². The zero-order valence-corrected chi connectivity index (χ0v) is 19.2. The number of imidazole rings is 1. The maximum atomic E-state index is 12.5. The summed E-state index contributed by atoms with van der Waals surface area (Å²) >= 11 is 0. The number of benzene rings is 2. The van der Waals surface area contributed by atoms with Crippen LogP contribution in [-0.4, -0.2) is 38.9 Å². The summed E-state index contributed by atoms with van der Waals surface area (Å²) in [5.41, 5.74) is 3.69. The van der Waals surface area contributed by atoms with E-state index >= 15 is 0 Å². The zero-order chi connectivity index (χ0) is 24.4. The van der Waals surface area contributed by atoms with Crippen molar-refractivity contribution in [1.29, 1.82) is 0 Å². The fourth-order valence-corrected chi connectivity index (χ4v) is 4.49. The monoisotopic (exact) mass is 482 g/mol. The molecule has 3 heterocycles. The molecule has 35 heavy (non-hydrogen) atoms. The second-order valence-corrected chi connectivity index (χ2v) is 8.71. The number of likely N-dealkylation sites (tertiary alicyclic amines) is 1. The van der Waals surface area contributed by atoms with Crippen molar-refractivity contribution < 1.29 is 22.3 Å². The molecule has 2 aromatic heterocycles. The lowest BCUT2D eigenvalue weighted by atomic mass is 9.89. The van der Waals surface area contributed by atoms with E-state index in [4.69, 9.17) is 9.40 Å². The van der Waals surface area contributed by atoms with Crippen LogP contribution in [0.15, 0.2) is 71.7 Å². The van der Waals surface area contributed by atoms with Crippen molar-refractivity contribution in [3.05, 3.63) is 84.3 Å². The molecule has 182 valence electrons. The molecule has 1 saturated heterocycles. The Labute approximate surface area is 201 Å². The molecule has 1 aliphatic rings. The molecule has 5 rings (SSSR count). The molecule has 0 atom stereocenters. The van der Waals surface area contributed by atoms with Gasteiger partial charge in [-0.05, 0) is 80.7 Å². The van der Waals surface area contributed by atoms with Gasteiger partial charge in [0.2, 0.25) is 5.89 Å². The molecule has 0 radical (unpaired) electrons. The molecule has 0 N–H and O–H groups in total. The van der Waals surface area contributed by atoms with Crippen molar-refractivity contribution in [2.75, 3.05) is 13.1 Å². The van der Waals surface area contributed by atoms with Crippen molar-refractivity contribution in [2.45, 2.75) is 38.6 Å². The fourth-order valence-electron chi connectivity index (χ4n) is 4.49. The second-order valence-electron chi connectivity index (χ2n) is 8.71. The lowest BCUT2D eigenvalue weighted by Gasteiger charge is -2.31. The Morgan fingerprint density at radius 3 is 2.54 bits per heavy atom. The molecule has 0 unspecified atom stereocenters. The highest BCUT2D eigenvalue weighted by Gasteiger charge is 2.31. The van der Waals surface area contributed by atoms with Crippen molar-refractivity contribution in [2.24, 2.45) is 0 Å². The predicted octanol–water partition coefficient (Wildman–Crippen LogP) is 6.11. The number of halogens is 3. The van der Waals surface area contributed by atoms with Gasteiger partial charge in [0.05, 0.1) is 12.0 Å². The quantitative estimate of drug-likeness (QED) is 0.332. The SMILES string of the molecule is Cc1oc(-c2ccc(-n3ccnc3)cc2)nc1CN1CCC(c2cccc(OC(F)(F)F)c2)CC1. The fraction of sp³-hybridized carbons (Fsp3) is 0.308. The molecule has 9 heteroatoms. The first kappa shape index (κ1) is 23.2. The molecule has 1 fully saturated rings. The summed E-state index contributed by atoms with van der Waals surface area (Å²) in [4.78, 5) is 11.1. The molecule has 6 nitrogen and oxygen atoms in total. The molecule has 0 amide bonds. The summed E-state index contributed by atoms with van der Waals surface area (Å²) in [7, 11) is 0. The second kappa shape index (κ2) is 9.58. The number of hydrogen-bond donors (Lipinski definition) is 0. The molecule has 0 bridgehead atoms. The van der Waals surface area contributed by atoms with Crippen LogP contribution in [0.5, 0.6) is 5.75 Å². The highest BCUT2D eigenvalue weighted by Crippen LogP contribution is 2.33. The summed E-state index contributed by atoms with van der Waals surface area (Å²) in [6, 6.07) is 14.3.